The average molecular weight is 255 g/mol. The lowest BCUT2D eigenvalue weighted by molar-refractivity contribution is -0.141. The van der Waals surface area contributed by atoms with Crippen LogP contribution >= 0.6 is 0 Å². The maximum atomic E-state index is 12.6. The van der Waals surface area contributed by atoms with Crippen LogP contribution in [-0.2, 0) is 4.79 Å². The molecular weight excluding hydrogens is 237 g/mol. The first kappa shape index (κ1) is 14.4. The van der Waals surface area contributed by atoms with Crippen LogP contribution in [0.5, 0.6) is 5.75 Å². The van der Waals surface area contributed by atoms with E-state index in [0.29, 0.717) is 25.4 Å². The van der Waals surface area contributed by atoms with Crippen LogP contribution in [0, 0.1) is 11.7 Å². The second kappa shape index (κ2) is 6.96. The number of hydrogen-bond donors (Lipinski definition) is 1. The van der Waals surface area contributed by atoms with E-state index in [1.165, 1.54) is 12.1 Å². The van der Waals surface area contributed by atoms with Crippen molar-refractivity contribution in [2.75, 3.05) is 26.7 Å². The van der Waals surface area contributed by atoms with Crippen LogP contribution in [-0.4, -0.2) is 42.7 Å². The van der Waals surface area contributed by atoms with Gasteiger partial charge in [-0.05, 0) is 31.3 Å². The Balaban J connectivity index is 2.25. The molecule has 0 amide bonds. The molecule has 1 aromatic carbocycles. The fourth-order valence-corrected chi connectivity index (χ4v) is 1.49. The van der Waals surface area contributed by atoms with Crippen molar-refractivity contribution in [1.82, 2.24) is 4.90 Å². The van der Waals surface area contributed by atoms with Crippen LogP contribution in [0.1, 0.15) is 6.92 Å². The van der Waals surface area contributed by atoms with Crippen LogP contribution < -0.4 is 4.74 Å². The van der Waals surface area contributed by atoms with E-state index in [1.54, 1.807) is 19.1 Å². The van der Waals surface area contributed by atoms with Gasteiger partial charge >= 0.3 is 5.97 Å². The molecule has 1 rings (SSSR count). The van der Waals surface area contributed by atoms with E-state index in [0.717, 1.165) is 0 Å². The number of carboxylic acids is 1. The third-order valence-electron chi connectivity index (χ3n) is 2.56. The van der Waals surface area contributed by atoms with Crippen molar-refractivity contribution in [2.45, 2.75) is 6.92 Å². The number of aliphatic carboxylic acids is 1. The summed E-state index contributed by atoms with van der Waals surface area (Å²) in [5, 5.41) is 8.77. The third kappa shape index (κ3) is 5.14. The van der Waals surface area contributed by atoms with Crippen molar-refractivity contribution >= 4 is 5.97 Å². The number of likely N-dealkylation sites (N-methyl/N-ethyl adjacent to an activating group) is 1. The normalized spacial score (nSPS) is 12.4. The third-order valence-corrected chi connectivity index (χ3v) is 2.56. The van der Waals surface area contributed by atoms with Gasteiger partial charge in [0, 0.05) is 13.1 Å². The molecule has 4 nitrogen and oxygen atoms in total. The van der Waals surface area contributed by atoms with Crippen molar-refractivity contribution in [3.63, 3.8) is 0 Å². The maximum Gasteiger partial charge on any atom is 0.307 e. The molecule has 100 valence electrons. The molecule has 0 spiro atoms. The fraction of sp³-hybridized carbons (Fsp3) is 0.462. The van der Waals surface area contributed by atoms with Gasteiger partial charge in [0.2, 0.25) is 0 Å². The molecule has 0 fully saturated rings. The molecule has 0 aliphatic rings. The number of benzene rings is 1. The van der Waals surface area contributed by atoms with Gasteiger partial charge in [-0.1, -0.05) is 6.92 Å². The summed E-state index contributed by atoms with van der Waals surface area (Å²) >= 11 is 0. The predicted molar refractivity (Wildman–Crippen MR) is 66.2 cm³/mol. The lowest BCUT2D eigenvalue weighted by atomic mass is 10.2. The summed E-state index contributed by atoms with van der Waals surface area (Å²) in [4.78, 5) is 12.6. The number of hydrogen-bond acceptors (Lipinski definition) is 3. The second-order valence-electron chi connectivity index (χ2n) is 4.30. The first-order valence-electron chi connectivity index (χ1n) is 5.78. The van der Waals surface area contributed by atoms with Crippen molar-refractivity contribution in [3.8, 4) is 5.75 Å². The monoisotopic (exact) mass is 255 g/mol. The minimum Gasteiger partial charge on any atom is -0.492 e. The van der Waals surface area contributed by atoms with Crippen LogP contribution in [0.3, 0.4) is 0 Å². The predicted octanol–water partition coefficient (Wildman–Crippen LogP) is 1.86. The molecule has 0 saturated carbocycles. The molecule has 0 radical (unpaired) electrons. The van der Waals surface area contributed by atoms with Gasteiger partial charge in [-0.15, -0.1) is 0 Å². The first-order valence-corrected chi connectivity index (χ1v) is 5.78. The zero-order valence-corrected chi connectivity index (χ0v) is 10.6. The Bertz CT molecular complexity index is 380. The fourth-order valence-electron chi connectivity index (χ4n) is 1.49. The molecule has 18 heavy (non-hydrogen) atoms. The van der Waals surface area contributed by atoms with Gasteiger partial charge in [-0.3, -0.25) is 4.79 Å². The van der Waals surface area contributed by atoms with E-state index < -0.39 is 11.9 Å². The lowest BCUT2D eigenvalue weighted by Crippen LogP contribution is -2.31. The van der Waals surface area contributed by atoms with E-state index in [1.807, 2.05) is 11.9 Å². The van der Waals surface area contributed by atoms with Crippen molar-refractivity contribution in [3.05, 3.63) is 30.1 Å². The number of nitrogens with zero attached hydrogens (tertiary/aromatic N) is 1. The van der Waals surface area contributed by atoms with Gasteiger partial charge < -0.3 is 14.7 Å². The highest BCUT2D eigenvalue weighted by Crippen LogP contribution is 2.10. The Morgan fingerprint density at radius 1 is 1.44 bits per heavy atom. The van der Waals surface area contributed by atoms with E-state index >= 15 is 0 Å². The van der Waals surface area contributed by atoms with Crippen LogP contribution in [0.2, 0.25) is 0 Å². The quantitative estimate of drug-likeness (QED) is 0.808. The number of ether oxygens (including phenoxy) is 1. The highest BCUT2D eigenvalue weighted by molar-refractivity contribution is 5.69. The summed E-state index contributed by atoms with van der Waals surface area (Å²) in [6.07, 6.45) is 0. The van der Waals surface area contributed by atoms with E-state index in [-0.39, 0.29) is 5.82 Å². The van der Waals surface area contributed by atoms with Gasteiger partial charge in [-0.2, -0.15) is 0 Å². The van der Waals surface area contributed by atoms with E-state index in [9.17, 15) is 9.18 Å². The van der Waals surface area contributed by atoms with Crippen LogP contribution in [0.15, 0.2) is 24.3 Å². The number of carboxylic acid groups (broad SMARTS) is 1. The molecule has 0 saturated heterocycles. The highest BCUT2D eigenvalue weighted by atomic mass is 19.1. The topological polar surface area (TPSA) is 49.8 Å². The second-order valence-corrected chi connectivity index (χ2v) is 4.30. The molecule has 0 aliphatic heterocycles. The van der Waals surface area contributed by atoms with Crippen LogP contribution in [0.25, 0.3) is 0 Å². The molecule has 1 aromatic rings. The van der Waals surface area contributed by atoms with Crippen molar-refractivity contribution < 1.29 is 19.0 Å². The maximum absolute atomic E-state index is 12.6. The van der Waals surface area contributed by atoms with Gasteiger partial charge in [0.05, 0.1) is 5.92 Å². The lowest BCUT2D eigenvalue weighted by Gasteiger charge is -2.19. The molecule has 5 heteroatoms. The summed E-state index contributed by atoms with van der Waals surface area (Å²) < 4.78 is 18.1. The Labute approximate surface area is 106 Å². The minimum absolute atomic E-state index is 0.297. The Hall–Kier alpha value is -1.62. The molecular formula is C13H18FNO3. The Kier molecular flexibility index (Phi) is 5.58. The summed E-state index contributed by atoms with van der Waals surface area (Å²) in [5.41, 5.74) is 0. The van der Waals surface area contributed by atoms with Gasteiger partial charge in [0.1, 0.15) is 18.2 Å². The van der Waals surface area contributed by atoms with E-state index in [4.69, 9.17) is 9.84 Å². The van der Waals surface area contributed by atoms with Crippen LogP contribution in [0.4, 0.5) is 4.39 Å². The smallest absolute Gasteiger partial charge is 0.307 e. The summed E-state index contributed by atoms with van der Waals surface area (Å²) in [5.74, 6) is -0.895. The molecule has 0 aliphatic carbocycles. The molecule has 1 N–H and O–H groups in total. The van der Waals surface area contributed by atoms with Crippen molar-refractivity contribution in [2.24, 2.45) is 5.92 Å². The van der Waals surface area contributed by atoms with E-state index in [2.05, 4.69) is 0 Å². The first-order chi connectivity index (χ1) is 8.49. The summed E-state index contributed by atoms with van der Waals surface area (Å²) in [7, 11) is 1.84. The highest BCUT2D eigenvalue weighted by Gasteiger charge is 2.13. The minimum atomic E-state index is -0.804. The zero-order chi connectivity index (χ0) is 13.5. The Morgan fingerprint density at radius 2 is 2.06 bits per heavy atom. The van der Waals surface area contributed by atoms with Crippen molar-refractivity contribution in [1.29, 1.82) is 0 Å². The summed E-state index contributed by atoms with van der Waals surface area (Å²) in [6, 6.07) is 5.81. The molecule has 1 unspecified atom stereocenters. The average Bonchev–Trinajstić information content (AvgIpc) is 2.31. The number of carbonyl (C=O) groups is 1. The van der Waals surface area contributed by atoms with Gasteiger partial charge in [0.15, 0.2) is 0 Å². The molecule has 0 aromatic heterocycles. The summed E-state index contributed by atoms with van der Waals surface area (Å²) in [6.45, 7) is 3.20. The van der Waals surface area contributed by atoms with Gasteiger partial charge in [0.25, 0.3) is 0 Å². The zero-order valence-electron chi connectivity index (χ0n) is 10.6. The Morgan fingerprint density at radius 3 is 2.61 bits per heavy atom. The molecule has 0 heterocycles. The standard InChI is InChI=1S/C13H18FNO3/c1-10(13(16)17)9-15(2)7-8-18-12-5-3-11(14)4-6-12/h3-6,10H,7-9H2,1-2H3,(H,16,17). The SMILES string of the molecule is CC(CN(C)CCOc1ccc(F)cc1)C(=O)O. The largest absolute Gasteiger partial charge is 0.492 e. The number of halogens is 1. The van der Waals surface area contributed by atoms with Gasteiger partial charge in [-0.25, -0.2) is 4.39 Å². The number of rotatable bonds is 7. The molecule has 1 atom stereocenters. The molecule has 0 bridgehead atoms.